The van der Waals surface area contributed by atoms with Gasteiger partial charge in [-0.1, -0.05) is 6.07 Å². The number of aliphatic hydroxyl groups excluding tert-OH is 1. The fraction of sp³-hybridized carbons (Fsp3) is 0.250. The Labute approximate surface area is 107 Å². The Hall–Kier alpha value is -0.710. The SMILES string of the molecule is Cc1cc(C(O)Cc2ccccn2)sc1Br. The number of aliphatic hydroxyl groups is 1. The van der Waals surface area contributed by atoms with Crippen LogP contribution < -0.4 is 0 Å². The molecule has 16 heavy (non-hydrogen) atoms. The van der Waals surface area contributed by atoms with Gasteiger partial charge in [-0.05, 0) is 46.6 Å². The number of hydrogen-bond acceptors (Lipinski definition) is 3. The van der Waals surface area contributed by atoms with Gasteiger partial charge in [0.15, 0.2) is 0 Å². The fourth-order valence-electron chi connectivity index (χ4n) is 1.47. The van der Waals surface area contributed by atoms with Gasteiger partial charge in [-0.3, -0.25) is 4.98 Å². The highest BCUT2D eigenvalue weighted by molar-refractivity contribution is 9.11. The van der Waals surface area contributed by atoms with Crippen molar-refractivity contribution in [2.45, 2.75) is 19.4 Å². The molecule has 0 saturated heterocycles. The standard InChI is InChI=1S/C12H12BrNOS/c1-8-6-11(16-12(8)13)10(15)7-9-4-2-3-5-14-9/h2-6,10,15H,7H2,1H3. The lowest BCUT2D eigenvalue weighted by Gasteiger charge is -2.07. The van der Waals surface area contributed by atoms with Crippen molar-refractivity contribution >= 4 is 27.3 Å². The minimum Gasteiger partial charge on any atom is -0.387 e. The number of hydrogen-bond donors (Lipinski definition) is 1. The van der Waals surface area contributed by atoms with E-state index in [4.69, 9.17) is 0 Å². The minimum atomic E-state index is -0.468. The van der Waals surface area contributed by atoms with E-state index in [1.165, 1.54) is 5.56 Å². The molecular weight excluding hydrogens is 286 g/mol. The maximum atomic E-state index is 10.1. The Kier molecular flexibility index (Phi) is 3.74. The van der Waals surface area contributed by atoms with Crippen LogP contribution in [0.3, 0.4) is 0 Å². The first-order valence-corrected chi connectivity index (χ1v) is 6.61. The quantitative estimate of drug-likeness (QED) is 0.941. The largest absolute Gasteiger partial charge is 0.387 e. The number of aromatic nitrogens is 1. The predicted molar refractivity (Wildman–Crippen MR) is 69.7 cm³/mol. The minimum absolute atomic E-state index is 0.468. The van der Waals surface area contributed by atoms with E-state index in [9.17, 15) is 5.11 Å². The summed E-state index contributed by atoms with van der Waals surface area (Å²) in [4.78, 5) is 5.19. The van der Waals surface area contributed by atoms with Crippen LogP contribution in [0.1, 0.15) is 22.2 Å². The normalized spacial score (nSPS) is 12.7. The molecule has 1 unspecified atom stereocenters. The summed E-state index contributed by atoms with van der Waals surface area (Å²) < 4.78 is 1.09. The molecule has 0 aliphatic rings. The van der Waals surface area contributed by atoms with Gasteiger partial charge >= 0.3 is 0 Å². The summed E-state index contributed by atoms with van der Waals surface area (Å²) in [6, 6.07) is 7.76. The van der Waals surface area contributed by atoms with E-state index >= 15 is 0 Å². The Morgan fingerprint density at radius 1 is 1.50 bits per heavy atom. The summed E-state index contributed by atoms with van der Waals surface area (Å²) in [6.45, 7) is 2.03. The van der Waals surface area contributed by atoms with Gasteiger partial charge in [-0.25, -0.2) is 0 Å². The van der Waals surface area contributed by atoms with Crippen molar-refractivity contribution in [3.63, 3.8) is 0 Å². The van der Waals surface area contributed by atoms with Gasteiger partial charge in [0.25, 0.3) is 0 Å². The predicted octanol–water partition coefficient (Wildman–Crippen LogP) is 3.49. The van der Waals surface area contributed by atoms with E-state index in [1.54, 1.807) is 17.5 Å². The zero-order valence-electron chi connectivity index (χ0n) is 8.85. The number of nitrogens with zero attached hydrogens (tertiary/aromatic N) is 1. The number of rotatable bonds is 3. The zero-order valence-corrected chi connectivity index (χ0v) is 11.3. The van der Waals surface area contributed by atoms with Crippen molar-refractivity contribution in [1.29, 1.82) is 0 Å². The molecule has 0 aromatic carbocycles. The molecule has 0 fully saturated rings. The van der Waals surface area contributed by atoms with Gasteiger partial charge in [0.05, 0.1) is 9.89 Å². The first-order chi connectivity index (χ1) is 7.66. The number of thiophene rings is 1. The smallest absolute Gasteiger partial charge is 0.0937 e. The van der Waals surface area contributed by atoms with Crippen molar-refractivity contribution < 1.29 is 5.11 Å². The maximum absolute atomic E-state index is 10.1. The number of aryl methyl sites for hydroxylation is 1. The van der Waals surface area contributed by atoms with Gasteiger partial charge in [-0.15, -0.1) is 11.3 Å². The van der Waals surface area contributed by atoms with Crippen LogP contribution in [0.25, 0.3) is 0 Å². The molecule has 4 heteroatoms. The zero-order chi connectivity index (χ0) is 11.5. The van der Waals surface area contributed by atoms with Gasteiger partial charge < -0.3 is 5.11 Å². The molecule has 1 atom stereocenters. The van der Waals surface area contributed by atoms with Crippen molar-refractivity contribution in [2.24, 2.45) is 0 Å². The molecule has 0 saturated carbocycles. The maximum Gasteiger partial charge on any atom is 0.0937 e. The van der Waals surface area contributed by atoms with Gasteiger partial charge in [0, 0.05) is 23.2 Å². The summed E-state index contributed by atoms with van der Waals surface area (Å²) in [5, 5.41) is 10.1. The molecule has 0 bridgehead atoms. The molecule has 2 aromatic rings. The molecule has 0 amide bonds. The molecule has 0 radical (unpaired) electrons. The average Bonchev–Trinajstić information content (AvgIpc) is 2.61. The second-order valence-corrected chi connectivity index (χ2v) is 6.05. The monoisotopic (exact) mass is 297 g/mol. The third kappa shape index (κ3) is 2.70. The Balaban J connectivity index is 2.11. The van der Waals surface area contributed by atoms with Crippen LogP contribution in [0.2, 0.25) is 0 Å². The van der Waals surface area contributed by atoms with Crippen LogP contribution in [0, 0.1) is 6.92 Å². The van der Waals surface area contributed by atoms with Crippen LogP contribution in [0.5, 0.6) is 0 Å². The van der Waals surface area contributed by atoms with Crippen molar-refractivity contribution in [3.8, 4) is 0 Å². The summed E-state index contributed by atoms with van der Waals surface area (Å²) >= 11 is 5.04. The second kappa shape index (κ2) is 5.08. The molecule has 0 spiro atoms. The fourth-order valence-corrected chi connectivity index (χ4v) is 3.02. The lowest BCUT2D eigenvalue weighted by atomic mass is 10.1. The third-order valence-corrected chi connectivity index (χ3v) is 4.57. The highest BCUT2D eigenvalue weighted by Crippen LogP contribution is 2.32. The Bertz CT molecular complexity index is 450. The van der Waals surface area contributed by atoms with Crippen LogP contribution in [-0.4, -0.2) is 10.1 Å². The average molecular weight is 298 g/mol. The highest BCUT2D eigenvalue weighted by atomic mass is 79.9. The molecule has 2 aromatic heterocycles. The summed E-state index contributed by atoms with van der Waals surface area (Å²) in [5.74, 6) is 0. The number of pyridine rings is 1. The first kappa shape index (κ1) is 11.8. The van der Waals surface area contributed by atoms with E-state index in [0.29, 0.717) is 6.42 Å². The molecule has 1 N–H and O–H groups in total. The van der Waals surface area contributed by atoms with Crippen LogP contribution >= 0.6 is 27.3 Å². The molecule has 2 rings (SSSR count). The summed E-state index contributed by atoms with van der Waals surface area (Å²) in [5.41, 5.74) is 2.08. The third-order valence-electron chi connectivity index (χ3n) is 2.33. The van der Waals surface area contributed by atoms with Gasteiger partial charge in [0.1, 0.15) is 0 Å². The van der Waals surface area contributed by atoms with Crippen LogP contribution in [0.4, 0.5) is 0 Å². The molecule has 2 heterocycles. The Morgan fingerprint density at radius 3 is 2.88 bits per heavy atom. The highest BCUT2D eigenvalue weighted by Gasteiger charge is 2.13. The van der Waals surface area contributed by atoms with E-state index in [2.05, 4.69) is 20.9 Å². The van der Waals surface area contributed by atoms with Crippen molar-refractivity contribution in [1.82, 2.24) is 4.98 Å². The molecular formula is C12H12BrNOS. The van der Waals surface area contributed by atoms with Crippen molar-refractivity contribution in [2.75, 3.05) is 0 Å². The van der Waals surface area contributed by atoms with Crippen LogP contribution in [0.15, 0.2) is 34.2 Å². The summed E-state index contributed by atoms with van der Waals surface area (Å²) in [7, 11) is 0. The lowest BCUT2D eigenvalue weighted by molar-refractivity contribution is 0.181. The van der Waals surface area contributed by atoms with E-state index in [1.807, 2.05) is 31.2 Å². The molecule has 0 aliphatic heterocycles. The van der Waals surface area contributed by atoms with Gasteiger partial charge in [0.2, 0.25) is 0 Å². The lowest BCUT2D eigenvalue weighted by Crippen LogP contribution is -2.00. The molecule has 0 aliphatic carbocycles. The first-order valence-electron chi connectivity index (χ1n) is 5.00. The molecule has 2 nitrogen and oxygen atoms in total. The number of halogens is 1. The van der Waals surface area contributed by atoms with Crippen molar-refractivity contribution in [3.05, 3.63) is 50.4 Å². The molecule has 84 valence electrons. The van der Waals surface area contributed by atoms with E-state index in [0.717, 1.165) is 14.4 Å². The van der Waals surface area contributed by atoms with Crippen LogP contribution in [-0.2, 0) is 6.42 Å². The topological polar surface area (TPSA) is 33.1 Å². The summed E-state index contributed by atoms with van der Waals surface area (Å²) in [6.07, 6.45) is 1.84. The van der Waals surface area contributed by atoms with E-state index in [-0.39, 0.29) is 0 Å². The van der Waals surface area contributed by atoms with E-state index < -0.39 is 6.10 Å². The second-order valence-electron chi connectivity index (χ2n) is 3.65. The Morgan fingerprint density at radius 2 is 2.31 bits per heavy atom. The van der Waals surface area contributed by atoms with Gasteiger partial charge in [-0.2, -0.15) is 0 Å².